The van der Waals surface area contributed by atoms with Gasteiger partial charge in [-0.1, -0.05) is 13.8 Å². The second-order valence-electron chi connectivity index (χ2n) is 5.61. The molecule has 0 spiro atoms. The first-order chi connectivity index (χ1) is 9.92. The molecule has 2 aromatic rings. The molecule has 0 radical (unpaired) electrons. The van der Waals surface area contributed by atoms with Gasteiger partial charge in [0, 0.05) is 26.2 Å². The molecule has 0 aliphatic rings. The molecule has 21 heavy (non-hydrogen) atoms. The third-order valence-electron chi connectivity index (χ3n) is 3.52. The van der Waals surface area contributed by atoms with E-state index < -0.39 is 0 Å². The summed E-state index contributed by atoms with van der Waals surface area (Å²) < 4.78 is 4.67. The number of nitrogens with zero attached hydrogens (tertiary/aromatic N) is 4. The van der Waals surface area contributed by atoms with Gasteiger partial charge in [0.1, 0.15) is 5.82 Å². The smallest absolute Gasteiger partial charge is 0.329 e. The standard InChI is InChI=1S/C14H23N5O2/c1-5-17-13(20)11-12(16-10(4)18(11)7-6-15)19(14(17)21)8-9(2)3/h9H,5-8,15H2,1-4H3. The molecule has 0 saturated carbocycles. The summed E-state index contributed by atoms with van der Waals surface area (Å²) >= 11 is 0. The van der Waals surface area contributed by atoms with Gasteiger partial charge in [-0.25, -0.2) is 9.78 Å². The van der Waals surface area contributed by atoms with Gasteiger partial charge in [-0.15, -0.1) is 0 Å². The number of imidazole rings is 1. The Morgan fingerprint density at radius 1 is 1.19 bits per heavy atom. The van der Waals surface area contributed by atoms with Crippen LogP contribution in [0.3, 0.4) is 0 Å². The number of aryl methyl sites for hydroxylation is 1. The van der Waals surface area contributed by atoms with Crippen LogP contribution in [0.15, 0.2) is 9.59 Å². The van der Waals surface area contributed by atoms with Crippen molar-refractivity contribution >= 4 is 11.2 Å². The van der Waals surface area contributed by atoms with E-state index in [1.54, 1.807) is 16.1 Å². The summed E-state index contributed by atoms with van der Waals surface area (Å²) in [6.45, 7) is 9.50. The lowest BCUT2D eigenvalue weighted by Gasteiger charge is -2.13. The summed E-state index contributed by atoms with van der Waals surface area (Å²) in [5, 5.41) is 0. The molecular formula is C14H23N5O2. The summed E-state index contributed by atoms with van der Waals surface area (Å²) in [4.78, 5) is 29.5. The zero-order valence-corrected chi connectivity index (χ0v) is 13.1. The minimum Gasteiger partial charge on any atom is -0.329 e. The normalized spacial score (nSPS) is 11.7. The van der Waals surface area contributed by atoms with Crippen molar-refractivity contribution in [3.8, 4) is 0 Å². The molecule has 7 heteroatoms. The van der Waals surface area contributed by atoms with Crippen LogP contribution in [0.25, 0.3) is 11.2 Å². The fourth-order valence-electron chi connectivity index (χ4n) is 2.61. The number of hydrogen-bond donors (Lipinski definition) is 1. The molecular weight excluding hydrogens is 270 g/mol. The molecule has 0 aliphatic carbocycles. The maximum absolute atomic E-state index is 12.6. The molecule has 0 saturated heterocycles. The molecule has 0 aromatic carbocycles. The van der Waals surface area contributed by atoms with Crippen LogP contribution in [0.4, 0.5) is 0 Å². The Morgan fingerprint density at radius 2 is 1.86 bits per heavy atom. The highest BCUT2D eigenvalue weighted by Gasteiger charge is 2.19. The molecule has 116 valence electrons. The average Bonchev–Trinajstić information content (AvgIpc) is 2.73. The summed E-state index contributed by atoms with van der Waals surface area (Å²) in [6.07, 6.45) is 0. The summed E-state index contributed by atoms with van der Waals surface area (Å²) in [5.74, 6) is 0.993. The largest absolute Gasteiger partial charge is 0.332 e. The van der Waals surface area contributed by atoms with Crippen molar-refractivity contribution in [2.75, 3.05) is 6.54 Å². The van der Waals surface area contributed by atoms with E-state index >= 15 is 0 Å². The highest BCUT2D eigenvalue weighted by atomic mass is 16.2. The molecule has 0 amide bonds. The van der Waals surface area contributed by atoms with Crippen molar-refractivity contribution in [1.82, 2.24) is 18.7 Å². The fourth-order valence-corrected chi connectivity index (χ4v) is 2.61. The maximum Gasteiger partial charge on any atom is 0.332 e. The zero-order valence-electron chi connectivity index (χ0n) is 13.1. The summed E-state index contributed by atoms with van der Waals surface area (Å²) in [5.41, 5.74) is 5.99. The third-order valence-corrected chi connectivity index (χ3v) is 3.52. The number of nitrogens with two attached hydrogens (primary N) is 1. The Morgan fingerprint density at radius 3 is 2.38 bits per heavy atom. The van der Waals surface area contributed by atoms with Crippen LogP contribution in [0.2, 0.25) is 0 Å². The Bertz CT molecular complexity index is 766. The van der Waals surface area contributed by atoms with Crippen molar-refractivity contribution in [1.29, 1.82) is 0 Å². The highest BCUT2D eigenvalue weighted by Crippen LogP contribution is 2.12. The molecule has 2 N–H and O–H groups in total. The van der Waals surface area contributed by atoms with Gasteiger partial charge in [-0.3, -0.25) is 13.9 Å². The van der Waals surface area contributed by atoms with Gasteiger partial charge in [0.2, 0.25) is 0 Å². The van der Waals surface area contributed by atoms with Crippen LogP contribution < -0.4 is 17.0 Å². The van der Waals surface area contributed by atoms with E-state index in [1.807, 2.05) is 20.8 Å². The molecule has 2 heterocycles. The first kappa shape index (κ1) is 15.5. The summed E-state index contributed by atoms with van der Waals surface area (Å²) in [7, 11) is 0. The fraction of sp³-hybridized carbons (Fsp3) is 0.643. The van der Waals surface area contributed by atoms with Crippen LogP contribution >= 0.6 is 0 Å². The van der Waals surface area contributed by atoms with Crippen molar-refractivity contribution in [2.24, 2.45) is 11.7 Å². The SMILES string of the molecule is CCn1c(=O)c2c(nc(C)n2CCN)n(CC(C)C)c1=O. The molecule has 2 rings (SSSR count). The molecule has 0 bridgehead atoms. The Balaban J connectivity index is 2.93. The van der Waals surface area contributed by atoms with E-state index in [1.165, 1.54) is 4.57 Å². The van der Waals surface area contributed by atoms with Crippen LogP contribution in [-0.2, 0) is 19.6 Å². The minimum absolute atomic E-state index is 0.286. The second kappa shape index (κ2) is 5.85. The van der Waals surface area contributed by atoms with Gasteiger partial charge < -0.3 is 10.3 Å². The number of fused-ring (bicyclic) bond motifs is 1. The summed E-state index contributed by atoms with van der Waals surface area (Å²) in [6, 6.07) is 0. The van der Waals surface area contributed by atoms with E-state index in [2.05, 4.69) is 4.98 Å². The van der Waals surface area contributed by atoms with Crippen molar-refractivity contribution in [3.05, 3.63) is 26.7 Å². The molecule has 0 aliphatic heterocycles. The van der Waals surface area contributed by atoms with E-state index in [-0.39, 0.29) is 17.2 Å². The van der Waals surface area contributed by atoms with Crippen molar-refractivity contribution < 1.29 is 0 Å². The molecule has 7 nitrogen and oxygen atoms in total. The van der Waals surface area contributed by atoms with Crippen LogP contribution in [0, 0.1) is 12.8 Å². The quantitative estimate of drug-likeness (QED) is 0.859. The molecule has 0 atom stereocenters. The van der Waals surface area contributed by atoms with E-state index in [4.69, 9.17) is 5.73 Å². The Hall–Kier alpha value is -1.89. The first-order valence-electron chi connectivity index (χ1n) is 7.32. The predicted molar refractivity (Wildman–Crippen MR) is 82.6 cm³/mol. The minimum atomic E-state index is -0.291. The first-order valence-corrected chi connectivity index (χ1v) is 7.32. The van der Waals surface area contributed by atoms with E-state index in [0.717, 1.165) is 0 Å². The van der Waals surface area contributed by atoms with Crippen LogP contribution in [0.5, 0.6) is 0 Å². The molecule has 2 aromatic heterocycles. The lowest BCUT2D eigenvalue weighted by molar-refractivity contribution is 0.491. The van der Waals surface area contributed by atoms with Crippen LogP contribution in [0.1, 0.15) is 26.6 Å². The van der Waals surface area contributed by atoms with Crippen molar-refractivity contribution in [3.63, 3.8) is 0 Å². The topological polar surface area (TPSA) is 87.8 Å². The van der Waals surface area contributed by atoms with Gasteiger partial charge in [0.05, 0.1) is 0 Å². The number of aromatic nitrogens is 4. The van der Waals surface area contributed by atoms with Crippen LogP contribution in [-0.4, -0.2) is 25.2 Å². The van der Waals surface area contributed by atoms with E-state index in [0.29, 0.717) is 43.2 Å². The molecule has 0 fully saturated rings. The Kier molecular flexibility index (Phi) is 4.32. The second-order valence-corrected chi connectivity index (χ2v) is 5.61. The highest BCUT2D eigenvalue weighted by molar-refractivity contribution is 5.71. The average molecular weight is 293 g/mol. The lowest BCUT2D eigenvalue weighted by atomic mass is 10.2. The predicted octanol–water partition coefficient (Wildman–Crippen LogP) is 0.303. The van der Waals surface area contributed by atoms with Crippen molar-refractivity contribution in [2.45, 2.75) is 47.3 Å². The lowest BCUT2D eigenvalue weighted by Crippen LogP contribution is -2.41. The monoisotopic (exact) mass is 293 g/mol. The maximum atomic E-state index is 12.6. The van der Waals surface area contributed by atoms with Gasteiger partial charge in [0.25, 0.3) is 5.56 Å². The van der Waals surface area contributed by atoms with Gasteiger partial charge in [-0.05, 0) is 19.8 Å². The Labute approximate surface area is 123 Å². The van der Waals surface area contributed by atoms with Gasteiger partial charge in [0.15, 0.2) is 11.2 Å². The zero-order chi connectivity index (χ0) is 15.7. The van der Waals surface area contributed by atoms with Gasteiger partial charge >= 0.3 is 5.69 Å². The number of rotatable bonds is 5. The van der Waals surface area contributed by atoms with E-state index in [9.17, 15) is 9.59 Å². The van der Waals surface area contributed by atoms with Gasteiger partial charge in [-0.2, -0.15) is 0 Å². The third kappa shape index (κ3) is 2.53. The number of hydrogen-bond acceptors (Lipinski definition) is 4. The molecule has 0 unspecified atom stereocenters.